The molecule has 3 atom stereocenters. The van der Waals surface area contributed by atoms with E-state index in [9.17, 15) is 5.11 Å². The Morgan fingerprint density at radius 3 is 2.00 bits per heavy atom. The zero-order valence-electron chi connectivity index (χ0n) is 7.21. The van der Waals surface area contributed by atoms with Gasteiger partial charge in [0.2, 0.25) is 0 Å². The molecule has 0 radical (unpaired) electrons. The van der Waals surface area contributed by atoms with E-state index >= 15 is 0 Å². The van der Waals surface area contributed by atoms with Gasteiger partial charge in [-0.05, 0) is 6.42 Å². The minimum Gasteiger partial charge on any atom is -0.396 e. The van der Waals surface area contributed by atoms with Crippen LogP contribution in [0, 0.1) is 5.92 Å². The van der Waals surface area contributed by atoms with Crippen LogP contribution in [-0.2, 0) is 0 Å². The number of alkyl halides is 4. The van der Waals surface area contributed by atoms with Crippen molar-refractivity contribution in [3.63, 3.8) is 0 Å². The monoisotopic (exact) mass is 592 g/mol. The highest BCUT2D eigenvalue weighted by atomic mass is 79.9. The summed E-state index contributed by atoms with van der Waals surface area (Å²) in [5.41, 5.74) is 0. The van der Waals surface area contributed by atoms with Crippen LogP contribution in [0.3, 0.4) is 0 Å². The number of fused-ring (bicyclic) bond motifs is 2. The van der Waals surface area contributed by atoms with Gasteiger partial charge in [0.15, 0.2) is 0 Å². The minimum atomic E-state index is -0.356. The Bertz CT molecular complexity index is 353. The molecule has 0 spiro atoms. The quantitative estimate of drug-likeness (QED) is 0.433. The topological polar surface area (TPSA) is 20.2 Å². The summed E-state index contributed by atoms with van der Waals surface area (Å²) in [6.07, 6.45) is 0.848. The van der Waals surface area contributed by atoms with Crippen LogP contribution in [0.4, 0.5) is 0 Å². The maximum absolute atomic E-state index is 9.45. The van der Waals surface area contributed by atoms with Crippen molar-refractivity contribution in [1.29, 1.82) is 0 Å². The molecule has 0 aromatic heterocycles. The van der Waals surface area contributed by atoms with Crippen LogP contribution in [0.15, 0.2) is 8.96 Å². The molecule has 0 amide bonds. The number of allylic oxidation sites excluding steroid dienone is 2. The Morgan fingerprint density at radius 2 is 1.67 bits per heavy atom. The lowest BCUT2D eigenvalue weighted by atomic mass is 9.94. The van der Waals surface area contributed by atoms with Gasteiger partial charge in [0.05, 0.1) is 8.65 Å². The standard InChI is InChI=1S/C8H6Br6O/c9-4-5(10)7(12)3(2-15)1-6(4,11)8(7,13)14/h3,15H,1-2H2. The van der Waals surface area contributed by atoms with Gasteiger partial charge in [0.25, 0.3) is 0 Å². The van der Waals surface area contributed by atoms with Crippen LogP contribution in [0.25, 0.3) is 0 Å². The van der Waals surface area contributed by atoms with E-state index < -0.39 is 0 Å². The highest BCUT2D eigenvalue weighted by molar-refractivity contribution is 9.27. The summed E-state index contributed by atoms with van der Waals surface area (Å²) < 4.78 is 1.17. The number of hydrogen-bond donors (Lipinski definition) is 1. The van der Waals surface area contributed by atoms with E-state index in [0.717, 1.165) is 15.4 Å². The predicted molar refractivity (Wildman–Crippen MR) is 84.0 cm³/mol. The molecule has 86 valence electrons. The lowest BCUT2D eigenvalue weighted by Crippen LogP contribution is -2.43. The summed E-state index contributed by atoms with van der Waals surface area (Å²) in [7, 11) is 0. The molecule has 2 aliphatic carbocycles. The lowest BCUT2D eigenvalue weighted by Gasteiger charge is -2.35. The van der Waals surface area contributed by atoms with Gasteiger partial charge in [-0.15, -0.1) is 0 Å². The first kappa shape index (κ1) is 14.0. The fraction of sp³-hybridized carbons (Fsp3) is 0.750. The van der Waals surface area contributed by atoms with E-state index in [1.54, 1.807) is 0 Å². The largest absolute Gasteiger partial charge is 0.396 e. The molecular weight excluding hydrogens is 592 g/mol. The van der Waals surface area contributed by atoms with Gasteiger partial charge in [-0.2, -0.15) is 0 Å². The Hall–Kier alpha value is 2.58. The summed E-state index contributed by atoms with van der Waals surface area (Å²) in [5, 5.41) is 9.45. The molecule has 2 aliphatic rings. The Morgan fingerprint density at radius 1 is 1.13 bits per heavy atom. The first-order valence-corrected chi connectivity index (χ1v) is 8.92. The molecule has 3 unspecified atom stereocenters. The molecule has 2 rings (SSSR count). The molecule has 1 nitrogen and oxygen atoms in total. The summed E-state index contributed by atoms with van der Waals surface area (Å²) in [4.78, 5) is 0. The van der Waals surface area contributed by atoms with E-state index in [-0.39, 0.29) is 24.4 Å². The van der Waals surface area contributed by atoms with Gasteiger partial charge in [-0.1, -0.05) is 95.6 Å². The number of aliphatic hydroxyl groups is 1. The molecule has 15 heavy (non-hydrogen) atoms. The molecule has 0 aromatic carbocycles. The van der Waals surface area contributed by atoms with Crippen LogP contribution in [0.1, 0.15) is 6.42 Å². The first-order valence-electron chi connectivity index (χ1n) is 4.16. The van der Waals surface area contributed by atoms with Crippen LogP contribution in [-0.4, -0.2) is 23.6 Å². The number of hydrogen-bond acceptors (Lipinski definition) is 1. The van der Waals surface area contributed by atoms with E-state index in [1.807, 2.05) is 0 Å². The summed E-state index contributed by atoms with van der Waals surface area (Å²) in [6, 6.07) is 0. The Kier molecular flexibility index (Phi) is 3.77. The fourth-order valence-electron chi connectivity index (χ4n) is 2.22. The lowest BCUT2D eigenvalue weighted by molar-refractivity contribution is 0.217. The van der Waals surface area contributed by atoms with Crippen molar-refractivity contribution in [1.82, 2.24) is 0 Å². The Labute approximate surface area is 139 Å². The second-order valence-corrected chi connectivity index (χ2v) is 11.4. The zero-order chi connectivity index (χ0) is 11.6. The number of aliphatic hydroxyl groups excluding tert-OH is 1. The number of halogens is 6. The van der Waals surface area contributed by atoms with Crippen molar-refractivity contribution in [2.45, 2.75) is 18.3 Å². The highest BCUT2D eigenvalue weighted by Gasteiger charge is 2.75. The minimum absolute atomic E-state index is 0.145. The maximum Gasteiger partial charge on any atom is 0.120 e. The van der Waals surface area contributed by atoms with Crippen molar-refractivity contribution in [2.24, 2.45) is 5.92 Å². The van der Waals surface area contributed by atoms with Gasteiger partial charge < -0.3 is 5.11 Å². The van der Waals surface area contributed by atoms with Crippen molar-refractivity contribution >= 4 is 95.6 Å². The van der Waals surface area contributed by atoms with Gasteiger partial charge in [-0.3, -0.25) is 0 Å². The van der Waals surface area contributed by atoms with Crippen LogP contribution >= 0.6 is 95.6 Å². The summed E-state index contributed by atoms with van der Waals surface area (Å²) >= 11 is 22.2. The SMILES string of the molecule is OCC1CC2(Br)C(Br)=C(Br)C1(Br)C2(Br)Br. The number of rotatable bonds is 1. The normalized spacial score (nSPS) is 47.8. The maximum atomic E-state index is 9.45. The summed E-state index contributed by atoms with van der Waals surface area (Å²) in [5.74, 6) is 0.145. The average Bonchev–Trinajstić information content (AvgIpc) is 2.39. The second-order valence-electron chi connectivity index (χ2n) is 3.80. The average molecular weight is 598 g/mol. The van der Waals surface area contributed by atoms with Gasteiger partial charge in [-0.25, -0.2) is 0 Å². The van der Waals surface area contributed by atoms with Crippen molar-refractivity contribution in [2.75, 3.05) is 6.61 Å². The second kappa shape index (κ2) is 4.04. The van der Waals surface area contributed by atoms with Gasteiger partial charge in [0, 0.05) is 21.5 Å². The molecule has 2 bridgehead atoms. The third-order valence-electron chi connectivity index (χ3n) is 3.13. The molecule has 1 saturated carbocycles. The van der Waals surface area contributed by atoms with Crippen LogP contribution < -0.4 is 0 Å². The zero-order valence-corrected chi connectivity index (χ0v) is 16.7. The van der Waals surface area contributed by atoms with E-state index in [0.29, 0.717) is 0 Å². The molecule has 1 fully saturated rings. The highest BCUT2D eigenvalue weighted by Crippen LogP contribution is 2.77. The van der Waals surface area contributed by atoms with Crippen molar-refractivity contribution < 1.29 is 5.11 Å². The molecular formula is C8H6Br6O. The van der Waals surface area contributed by atoms with Crippen LogP contribution in [0.2, 0.25) is 0 Å². The van der Waals surface area contributed by atoms with E-state index in [2.05, 4.69) is 95.6 Å². The molecule has 0 saturated heterocycles. The smallest absolute Gasteiger partial charge is 0.120 e. The predicted octanol–water partition coefficient (Wildman–Crippen LogP) is 4.77. The third kappa shape index (κ3) is 1.43. The summed E-state index contributed by atoms with van der Waals surface area (Å²) in [6.45, 7) is 0.146. The van der Waals surface area contributed by atoms with Gasteiger partial charge >= 0.3 is 0 Å². The third-order valence-corrected chi connectivity index (χ3v) is 14.5. The molecule has 0 aromatic rings. The fourth-order valence-corrected chi connectivity index (χ4v) is 9.32. The van der Waals surface area contributed by atoms with Crippen molar-refractivity contribution in [3.05, 3.63) is 8.96 Å². The Balaban J connectivity index is 2.65. The van der Waals surface area contributed by atoms with Crippen LogP contribution in [0.5, 0.6) is 0 Å². The molecule has 0 heterocycles. The van der Waals surface area contributed by atoms with Gasteiger partial charge in [0.1, 0.15) is 3.23 Å². The molecule has 7 heteroatoms. The molecule has 0 aliphatic heterocycles. The van der Waals surface area contributed by atoms with E-state index in [1.165, 1.54) is 0 Å². The van der Waals surface area contributed by atoms with E-state index in [4.69, 9.17) is 0 Å². The van der Waals surface area contributed by atoms with Crippen molar-refractivity contribution in [3.8, 4) is 0 Å². The molecule has 1 N–H and O–H groups in total. The first-order chi connectivity index (χ1) is 6.73.